The molecule has 2 aromatic rings. The molecule has 8 nitrogen and oxygen atoms in total. The summed E-state index contributed by atoms with van der Waals surface area (Å²) in [5.74, 6) is -0.420. The van der Waals surface area contributed by atoms with Crippen molar-refractivity contribution in [3.05, 3.63) is 53.1 Å². The minimum atomic E-state index is -0.993. The molecular formula is C24H25ClN2O6. The Kier molecular flexibility index (Phi) is 7.03. The van der Waals surface area contributed by atoms with E-state index in [9.17, 15) is 14.4 Å². The Bertz CT molecular complexity index is 1040. The molecule has 174 valence electrons. The molecule has 0 radical (unpaired) electrons. The van der Waals surface area contributed by atoms with Crippen molar-refractivity contribution in [2.75, 3.05) is 31.6 Å². The number of benzene rings is 2. The highest BCUT2D eigenvalue weighted by Crippen LogP contribution is 2.32. The van der Waals surface area contributed by atoms with Gasteiger partial charge in [-0.2, -0.15) is 0 Å². The number of fused-ring (bicyclic) bond motifs is 1. The Morgan fingerprint density at radius 2 is 1.82 bits per heavy atom. The van der Waals surface area contributed by atoms with Crippen molar-refractivity contribution in [3.63, 3.8) is 0 Å². The lowest BCUT2D eigenvalue weighted by molar-refractivity contribution is -0.158. The van der Waals surface area contributed by atoms with Gasteiger partial charge < -0.3 is 24.4 Å². The van der Waals surface area contributed by atoms with Gasteiger partial charge in [-0.3, -0.25) is 14.4 Å². The van der Waals surface area contributed by atoms with Crippen LogP contribution in [0.1, 0.15) is 30.1 Å². The summed E-state index contributed by atoms with van der Waals surface area (Å²) < 4.78 is 16.4. The molecule has 0 spiro atoms. The highest BCUT2D eigenvalue weighted by molar-refractivity contribution is 6.30. The minimum absolute atomic E-state index is 0.159. The maximum atomic E-state index is 12.8. The monoisotopic (exact) mass is 472 g/mol. The van der Waals surface area contributed by atoms with Gasteiger partial charge in [0.2, 0.25) is 0 Å². The molecule has 2 unspecified atom stereocenters. The number of nitrogens with zero attached hydrogens (tertiary/aromatic N) is 1. The first-order valence-corrected chi connectivity index (χ1v) is 11.2. The summed E-state index contributed by atoms with van der Waals surface area (Å²) >= 11 is 5.89. The second-order valence-corrected chi connectivity index (χ2v) is 8.46. The standard InChI is InChI=1S/C24H25ClN2O6/c1-15(22(28)26-19-8-9-20-21(13-19)32-12-11-31-20)33-24(30)17-3-2-10-27(14-17)23(29)16-4-6-18(25)7-5-16/h4-9,13,15,17H,2-3,10-12,14H2,1H3,(H,26,28). The van der Waals surface area contributed by atoms with Crippen molar-refractivity contribution in [2.45, 2.75) is 25.9 Å². The van der Waals surface area contributed by atoms with Gasteiger partial charge in [-0.05, 0) is 56.2 Å². The number of amides is 2. The smallest absolute Gasteiger partial charge is 0.311 e. The van der Waals surface area contributed by atoms with E-state index in [2.05, 4.69) is 5.32 Å². The van der Waals surface area contributed by atoms with E-state index in [0.29, 0.717) is 60.4 Å². The maximum Gasteiger partial charge on any atom is 0.311 e. The number of anilines is 1. The van der Waals surface area contributed by atoms with Crippen LogP contribution < -0.4 is 14.8 Å². The number of carbonyl (C=O) groups excluding carboxylic acids is 3. The summed E-state index contributed by atoms with van der Waals surface area (Å²) in [5.41, 5.74) is 1.03. The van der Waals surface area contributed by atoms with Gasteiger partial charge in [0, 0.05) is 35.4 Å². The zero-order chi connectivity index (χ0) is 23.4. The van der Waals surface area contributed by atoms with Crippen molar-refractivity contribution in [1.29, 1.82) is 0 Å². The Morgan fingerprint density at radius 3 is 2.58 bits per heavy atom. The highest BCUT2D eigenvalue weighted by atomic mass is 35.5. The quantitative estimate of drug-likeness (QED) is 0.669. The second-order valence-electron chi connectivity index (χ2n) is 8.02. The molecule has 2 aromatic carbocycles. The lowest BCUT2D eigenvalue weighted by atomic mass is 9.97. The third-order valence-electron chi connectivity index (χ3n) is 5.60. The van der Waals surface area contributed by atoms with Crippen LogP contribution in [-0.2, 0) is 14.3 Å². The molecule has 1 saturated heterocycles. The van der Waals surface area contributed by atoms with Gasteiger partial charge in [-0.1, -0.05) is 11.6 Å². The molecule has 2 aliphatic heterocycles. The van der Waals surface area contributed by atoms with Gasteiger partial charge in [0.1, 0.15) is 13.2 Å². The fourth-order valence-corrected chi connectivity index (χ4v) is 3.94. The predicted octanol–water partition coefficient (Wildman–Crippen LogP) is 3.53. The summed E-state index contributed by atoms with van der Waals surface area (Å²) in [6.45, 7) is 3.25. The molecule has 33 heavy (non-hydrogen) atoms. The first kappa shape index (κ1) is 22.9. The van der Waals surface area contributed by atoms with E-state index in [0.717, 1.165) is 0 Å². The number of rotatable bonds is 5. The molecule has 0 saturated carbocycles. The highest BCUT2D eigenvalue weighted by Gasteiger charge is 2.32. The number of hydrogen-bond donors (Lipinski definition) is 1. The molecule has 2 atom stereocenters. The van der Waals surface area contributed by atoms with E-state index in [1.165, 1.54) is 6.92 Å². The third-order valence-corrected chi connectivity index (χ3v) is 5.86. The van der Waals surface area contributed by atoms with E-state index >= 15 is 0 Å². The lowest BCUT2D eigenvalue weighted by Crippen LogP contribution is -2.44. The number of halogens is 1. The van der Waals surface area contributed by atoms with E-state index in [-0.39, 0.29) is 12.5 Å². The molecule has 4 rings (SSSR count). The first-order valence-electron chi connectivity index (χ1n) is 10.9. The Morgan fingerprint density at radius 1 is 1.09 bits per heavy atom. The van der Waals surface area contributed by atoms with E-state index in [1.807, 2.05) is 0 Å². The van der Waals surface area contributed by atoms with Crippen LogP contribution in [0.5, 0.6) is 11.5 Å². The van der Waals surface area contributed by atoms with Crippen molar-refractivity contribution in [2.24, 2.45) is 5.92 Å². The Balaban J connectivity index is 1.31. The zero-order valence-electron chi connectivity index (χ0n) is 18.2. The van der Waals surface area contributed by atoms with Crippen LogP contribution >= 0.6 is 11.6 Å². The Hall–Kier alpha value is -3.26. The fourth-order valence-electron chi connectivity index (χ4n) is 3.82. The van der Waals surface area contributed by atoms with Crippen LogP contribution in [-0.4, -0.2) is 55.1 Å². The first-order chi connectivity index (χ1) is 15.9. The fraction of sp³-hybridized carbons (Fsp3) is 0.375. The number of likely N-dealkylation sites (tertiary alicyclic amines) is 1. The second kappa shape index (κ2) is 10.1. The molecule has 1 fully saturated rings. The van der Waals surface area contributed by atoms with Gasteiger partial charge in [-0.25, -0.2) is 0 Å². The van der Waals surface area contributed by atoms with Crippen LogP contribution in [0, 0.1) is 5.92 Å². The normalized spacial score (nSPS) is 18.2. The topological polar surface area (TPSA) is 94.2 Å². The number of hydrogen-bond acceptors (Lipinski definition) is 6. The molecular weight excluding hydrogens is 448 g/mol. The molecule has 9 heteroatoms. The summed E-state index contributed by atoms with van der Waals surface area (Å²) in [5, 5.41) is 3.28. The number of piperidine rings is 1. The van der Waals surface area contributed by atoms with Gasteiger partial charge in [0.15, 0.2) is 17.6 Å². The van der Waals surface area contributed by atoms with E-state index in [1.54, 1.807) is 47.4 Å². The largest absolute Gasteiger partial charge is 0.486 e. The molecule has 2 heterocycles. The van der Waals surface area contributed by atoms with Gasteiger partial charge in [-0.15, -0.1) is 0 Å². The van der Waals surface area contributed by atoms with Crippen LogP contribution in [0.4, 0.5) is 5.69 Å². The predicted molar refractivity (Wildman–Crippen MR) is 122 cm³/mol. The van der Waals surface area contributed by atoms with E-state index in [4.69, 9.17) is 25.8 Å². The summed E-state index contributed by atoms with van der Waals surface area (Å²) in [7, 11) is 0. The van der Waals surface area contributed by atoms with Crippen LogP contribution in [0.3, 0.4) is 0 Å². The van der Waals surface area contributed by atoms with Gasteiger partial charge >= 0.3 is 5.97 Å². The van der Waals surface area contributed by atoms with Crippen LogP contribution in [0.25, 0.3) is 0 Å². The number of ether oxygens (including phenoxy) is 3. The molecule has 0 aromatic heterocycles. The summed E-state index contributed by atoms with van der Waals surface area (Å²) in [6, 6.07) is 11.7. The number of carbonyl (C=O) groups is 3. The lowest BCUT2D eigenvalue weighted by Gasteiger charge is -2.32. The molecule has 0 bridgehead atoms. The number of nitrogens with one attached hydrogen (secondary N) is 1. The van der Waals surface area contributed by atoms with Crippen molar-refractivity contribution >= 4 is 35.1 Å². The molecule has 2 amide bonds. The van der Waals surface area contributed by atoms with Crippen molar-refractivity contribution in [3.8, 4) is 11.5 Å². The van der Waals surface area contributed by atoms with Crippen LogP contribution in [0.2, 0.25) is 5.02 Å². The van der Waals surface area contributed by atoms with Crippen LogP contribution in [0.15, 0.2) is 42.5 Å². The third kappa shape index (κ3) is 5.57. The average molecular weight is 473 g/mol. The van der Waals surface area contributed by atoms with Gasteiger partial charge in [0.25, 0.3) is 11.8 Å². The number of esters is 1. The maximum absolute atomic E-state index is 12.8. The summed E-state index contributed by atoms with van der Waals surface area (Å²) in [4.78, 5) is 39.7. The van der Waals surface area contributed by atoms with Crippen molar-refractivity contribution in [1.82, 2.24) is 4.90 Å². The minimum Gasteiger partial charge on any atom is -0.486 e. The zero-order valence-corrected chi connectivity index (χ0v) is 19.0. The average Bonchev–Trinajstić information content (AvgIpc) is 2.84. The Labute approximate surface area is 196 Å². The molecule has 0 aliphatic carbocycles. The molecule has 1 N–H and O–H groups in total. The molecule has 2 aliphatic rings. The SMILES string of the molecule is CC(OC(=O)C1CCCN(C(=O)c2ccc(Cl)cc2)C1)C(=O)Nc1ccc2c(c1)OCCO2. The van der Waals surface area contributed by atoms with Gasteiger partial charge in [0.05, 0.1) is 5.92 Å². The summed E-state index contributed by atoms with van der Waals surface area (Å²) in [6.07, 6.45) is 0.282. The van der Waals surface area contributed by atoms with E-state index < -0.39 is 23.9 Å². The van der Waals surface area contributed by atoms with Crippen molar-refractivity contribution < 1.29 is 28.6 Å².